The molecule has 4 fully saturated rings. The Labute approximate surface area is 252 Å². The molecule has 6 atom stereocenters. The van der Waals surface area contributed by atoms with Gasteiger partial charge in [0.15, 0.2) is 5.78 Å². The number of hydrogen-bond donors (Lipinski definition) is 1. The number of amides is 1. The minimum Gasteiger partial charge on any atom is -0.379 e. The molecule has 0 spiro atoms. The standard InChI is InChI=1S/C34H45N2O3.Li/c1-29(2)12-14-34(36-28(39)20-8-9-20)15-13-33(7)26(22(34)18-29)23(37)16-25-31(5)17-21(19-35)27(38)30(3,4)24(31)10-11-32(25,33)6;/h16-17,20,24,26H,8-15,18H2,1-7H3,(H,36,39);/q-1;+1/t24?,26-,31-,32+,33+,34-;/m0./s1. The second-order valence-electron chi connectivity index (χ2n) is 15.9. The van der Waals surface area contributed by atoms with Crippen LogP contribution < -0.4 is 24.2 Å². The summed E-state index contributed by atoms with van der Waals surface area (Å²) >= 11 is 0. The summed E-state index contributed by atoms with van der Waals surface area (Å²) in [5, 5.41) is 13.4. The molecular weight excluding hydrogens is 491 g/mol. The normalized spacial score (nSPS) is 43.4. The monoisotopic (exact) mass is 536 g/mol. The summed E-state index contributed by atoms with van der Waals surface area (Å²) in [6, 6.07) is 2.19. The van der Waals surface area contributed by atoms with Crippen LogP contribution >= 0.6 is 0 Å². The van der Waals surface area contributed by atoms with Crippen LogP contribution in [-0.2, 0) is 14.4 Å². The number of nitrogens with zero attached hydrogens (tertiary/aromatic N) is 1. The predicted octanol–water partition coefficient (Wildman–Crippen LogP) is 3.45. The Bertz CT molecular complexity index is 1280. The van der Waals surface area contributed by atoms with E-state index >= 15 is 0 Å². The SMILES string of the molecule is CC1(C)CC[C@]2(NC(=O)C3CC3)CC[C@]3(C)[C@H](C(=O)C=C4[C@@]5(C)C=C(C#N)C(=O)C(C)(C)C5CC[C@]43C)[C-]2C1.[Li+]. The van der Waals surface area contributed by atoms with Gasteiger partial charge < -0.3 is 5.32 Å². The van der Waals surface area contributed by atoms with Crippen LogP contribution in [0.4, 0.5) is 0 Å². The summed E-state index contributed by atoms with van der Waals surface area (Å²) in [6.07, 6.45) is 12.2. The number of carbonyl (C=O) groups excluding carboxylic acids is 3. The largest absolute Gasteiger partial charge is 1.00 e. The van der Waals surface area contributed by atoms with E-state index in [0.29, 0.717) is 0 Å². The Balaban J connectivity index is 0.00000323. The molecule has 0 bridgehead atoms. The van der Waals surface area contributed by atoms with Crippen molar-refractivity contribution < 1.29 is 33.2 Å². The Morgan fingerprint density at radius 3 is 2.25 bits per heavy atom. The molecule has 6 heteroatoms. The number of rotatable bonds is 2. The summed E-state index contributed by atoms with van der Waals surface area (Å²) < 4.78 is 0. The van der Waals surface area contributed by atoms with E-state index in [1.54, 1.807) is 0 Å². The predicted molar refractivity (Wildman–Crippen MR) is 150 cm³/mol. The molecule has 1 amide bonds. The van der Waals surface area contributed by atoms with Crippen LogP contribution in [0.1, 0.15) is 106 Å². The van der Waals surface area contributed by atoms with Gasteiger partial charge in [-0.25, -0.2) is 0 Å². The fraction of sp³-hybridized carbons (Fsp3) is 0.735. The van der Waals surface area contributed by atoms with Crippen molar-refractivity contribution in [3.63, 3.8) is 0 Å². The molecular formula is C34H45LiN2O3. The van der Waals surface area contributed by atoms with Crippen molar-refractivity contribution in [1.29, 1.82) is 5.26 Å². The van der Waals surface area contributed by atoms with Crippen LogP contribution in [0.5, 0.6) is 0 Å². The van der Waals surface area contributed by atoms with Gasteiger partial charge in [-0.1, -0.05) is 96.2 Å². The van der Waals surface area contributed by atoms with E-state index in [1.165, 1.54) is 5.92 Å². The molecule has 1 unspecified atom stereocenters. The summed E-state index contributed by atoms with van der Waals surface area (Å²) in [7, 11) is 0. The topological polar surface area (TPSA) is 87.0 Å². The molecule has 0 aromatic carbocycles. The second-order valence-corrected chi connectivity index (χ2v) is 15.9. The van der Waals surface area contributed by atoms with Crippen molar-refractivity contribution in [2.45, 2.75) is 112 Å². The van der Waals surface area contributed by atoms with Gasteiger partial charge in [0.25, 0.3) is 0 Å². The zero-order valence-corrected chi connectivity index (χ0v) is 25.9. The first-order valence-electron chi connectivity index (χ1n) is 15.2. The molecule has 0 aliphatic heterocycles. The summed E-state index contributed by atoms with van der Waals surface area (Å²) in [5.41, 5.74) is -0.652. The van der Waals surface area contributed by atoms with Crippen LogP contribution in [0.15, 0.2) is 23.3 Å². The van der Waals surface area contributed by atoms with Crippen LogP contribution in [0.2, 0.25) is 0 Å². The number of hydrogen-bond acceptors (Lipinski definition) is 4. The summed E-state index contributed by atoms with van der Waals surface area (Å²) in [5.74, 6) is 1.49. The second kappa shape index (κ2) is 8.94. The maximum absolute atomic E-state index is 14.5. The van der Waals surface area contributed by atoms with Gasteiger partial charge in [0.2, 0.25) is 5.91 Å². The molecule has 210 valence electrons. The smallest absolute Gasteiger partial charge is 0.379 e. The Hall–Kier alpha value is -1.62. The number of fused-ring (bicyclic) bond motifs is 7. The number of carbonyl (C=O) groups is 3. The van der Waals surface area contributed by atoms with Crippen molar-refractivity contribution in [2.75, 3.05) is 0 Å². The number of allylic oxidation sites excluding steroid dienone is 4. The molecule has 1 N–H and O–H groups in total. The average Bonchev–Trinajstić information content (AvgIpc) is 3.69. The first kappa shape index (κ1) is 29.9. The number of nitrogens with one attached hydrogen (secondary N) is 1. The first-order chi connectivity index (χ1) is 18.0. The molecule has 0 saturated heterocycles. The van der Waals surface area contributed by atoms with Crippen LogP contribution in [-0.4, -0.2) is 23.0 Å². The van der Waals surface area contributed by atoms with E-state index in [9.17, 15) is 19.6 Å². The zero-order valence-electron chi connectivity index (χ0n) is 25.9. The maximum atomic E-state index is 14.5. The molecule has 6 aliphatic rings. The van der Waals surface area contributed by atoms with Crippen molar-refractivity contribution in [1.82, 2.24) is 5.32 Å². The number of nitriles is 1. The van der Waals surface area contributed by atoms with Gasteiger partial charge in [0, 0.05) is 16.7 Å². The molecule has 0 aromatic heterocycles. The molecule has 0 radical (unpaired) electrons. The van der Waals surface area contributed by atoms with Crippen molar-refractivity contribution >= 4 is 17.5 Å². The fourth-order valence-corrected chi connectivity index (χ4v) is 10.1. The number of Topliss-reactive ketones (excluding diaryl/α,β-unsaturated/α-hetero) is 1. The van der Waals surface area contributed by atoms with Gasteiger partial charge in [-0.3, -0.25) is 20.3 Å². The molecule has 0 aromatic rings. The van der Waals surface area contributed by atoms with E-state index in [1.807, 2.05) is 26.0 Å². The molecule has 40 heavy (non-hydrogen) atoms. The molecule has 5 nitrogen and oxygen atoms in total. The van der Waals surface area contributed by atoms with E-state index in [4.69, 9.17) is 0 Å². The molecule has 4 saturated carbocycles. The van der Waals surface area contributed by atoms with Crippen LogP contribution in [0.25, 0.3) is 0 Å². The minimum absolute atomic E-state index is 0. The average molecular weight is 537 g/mol. The summed E-state index contributed by atoms with van der Waals surface area (Å²) in [4.78, 5) is 40.9. The van der Waals surface area contributed by atoms with E-state index < -0.39 is 10.8 Å². The first-order valence-corrected chi connectivity index (χ1v) is 15.2. The quantitative estimate of drug-likeness (QED) is 0.433. The Morgan fingerprint density at radius 2 is 1.62 bits per heavy atom. The van der Waals surface area contributed by atoms with Gasteiger partial charge >= 0.3 is 18.9 Å². The van der Waals surface area contributed by atoms with Crippen molar-refractivity contribution in [3.05, 3.63) is 29.2 Å². The maximum Gasteiger partial charge on any atom is 1.00 e. The summed E-state index contributed by atoms with van der Waals surface area (Å²) in [6.45, 7) is 15.4. The van der Waals surface area contributed by atoms with Gasteiger partial charge in [-0.2, -0.15) is 11.7 Å². The Kier molecular flexibility index (Phi) is 6.67. The Morgan fingerprint density at radius 1 is 0.975 bits per heavy atom. The van der Waals surface area contributed by atoms with E-state index in [0.717, 1.165) is 63.4 Å². The van der Waals surface area contributed by atoms with Crippen molar-refractivity contribution in [3.8, 4) is 6.07 Å². The van der Waals surface area contributed by atoms with Gasteiger partial charge in [-0.05, 0) is 54.9 Å². The zero-order chi connectivity index (χ0) is 28.4. The third kappa shape index (κ3) is 3.81. The molecule has 6 aliphatic carbocycles. The van der Waals surface area contributed by atoms with E-state index in [-0.39, 0.29) is 81.4 Å². The van der Waals surface area contributed by atoms with Gasteiger partial charge in [0.05, 0.1) is 5.57 Å². The van der Waals surface area contributed by atoms with Gasteiger partial charge in [0.1, 0.15) is 11.9 Å². The molecule has 6 rings (SSSR count). The third-order valence-corrected chi connectivity index (χ3v) is 12.8. The third-order valence-electron chi connectivity index (χ3n) is 12.8. The van der Waals surface area contributed by atoms with E-state index in [2.05, 4.69) is 46.0 Å². The van der Waals surface area contributed by atoms with Crippen LogP contribution in [0, 0.1) is 62.1 Å². The van der Waals surface area contributed by atoms with Crippen molar-refractivity contribution in [2.24, 2.45) is 44.8 Å². The van der Waals surface area contributed by atoms with Gasteiger partial charge in [-0.15, -0.1) is 0 Å². The number of ketones is 2. The fourth-order valence-electron chi connectivity index (χ4n) is 10.1. The minimum atomic E-state index is -0.658. The van der Waals surface area contributed by atoms with Crippen LogP contribution in [0.3, 0.4) is 0 Å². The molecule has 0 heterocycles.